The minimum absolute atomic E-state index is 0.285. The molecular weight excluding hydrogens is 405 g/mol. The summed E-state index contributed by atoms with van der Waals surface area (Å²) >= 11 is 0. The van der Waals surface area contributed by atoms with Gasteiger partial charge < -0.3 is 4.74 Å². The third-order valence-corrected chi connectivity index (χ3v) is 8.00. The van der Waals surface area contributed by atoms with Crippen LogP contribution in [0.15, 0.2) is 47.4 Å². The lowest BCUT2D eigenvalue weighted by molar-refractivity contribution is -0.155. The molecule has 1 aliphatic heterocycles. The smallest absolute Gasteiger partial charge is 0.309 e. The SMILES string of the molecule is CC(OC(=O)C1CCN(S(=O)(=O)c2ccc3c(c2)CCC3)CC1)c1cccc(F)c1. The summed E-state index contributed by atoms with van der Waals surface area (Å²) in [6.45, 7) is 2.28. The molecule has 2 aromatic rings. The van der Waals surface area contributed by atoms with Gasteiger partial charge in [0.1, 0.15) is 11.9 Å². The van der Waals surface area contributed by atoms with Gasteiger partial charge >= 0.3 is 5.97 Å². The summed E-state index contributed by atoms with van der Waals surface area (Å²) < 4.78 is 46.4. The van der Waals surface area contributed by atoms with Crippen LogP contribution in [0.5, 0.6) is 0 Å². The highest BCUT2D eigenvalue weighted by molar-refractivity contribution is 7.89. The summed E-state index contributed by atoms with van der Waals surface area (Å²) in [5, 5.41) is 0. The standard InChI is InChI=1S/C23H26FNO4S/c1-16(19-5-3-7-21(24)14-19)29-23(26)18-10-12-25(13-11-18)30(27,28)22-9-8-17-4-2-6-20(17)15-22/h3,5,7-9,14-16,18H,2,4,6,10-13H2,1H3. The molecule has 2 aliphatic rings. The summed E-state index contributed by atoms with van der Waals surface area (Å²) in [7, 11) is -3.56. The Balaban J connectivity index is 1.36. The molecule has 0 radical (unpaired) electrons. The number of ether oxygens (including phenoxy) is 1. The Morgan fingerprint density at radius 3 is 2.57 bits per heavy atom. The zero-order valence-electron chi connectivity index (χ0n) is 17.0. The number of benzene rings is 2. The number of aryl methyl sites for hydroxylation is 2. The van der Waals surface area contributed by atoms with Gasteiger partial charge in [-0.3, -0.25) is 4.79 Å². The predicted molar refractivity (Wildman–Crippen MR) is 111 cm³/mol. The monoisotopic (exact) mass is 431 g/mol. The zero-order valence-corrected chi connectivity index (χ0v) is 17.8. The second-order valence-electron chi connectivity index (χ2n) is 8.10. The maximum Gasteiger partial charge on any atom is 0.309 e. The maximum atomic E-state index is 13.4. The molecule has 0 N–H and O–H groups in total. The first-order valence-electron chi connectivity index (χ1n) is 10.4. The Hall–Kier alpha value is -2.25. The van der Waals surface area contributed by atoms with E-state index < -0.39 is 16.1 Å². The minimum atomic E-state index is -3.56. The fraction of sp³-hybridized carbons (Fsp3) is 0.435. The lowest BCUT2D eigenvalue weighted by Crippen LogP contribution is -2.40. The Kier molecular flexibility index (Phi) is 5.93. The van der Waals surface area contributed by atoms with Gasteiger partial charge in [-0.2, -0.15) is 4.31 Å². The van der Waals surface area contributed by atoms with Crippen LogP contribution < -0.4 is 0 Å². The lowest BCUT2D eigenvalue weighted by Gasteiger charge is -2.30. The third-order valence-electron chi connectivity index (χ3n) is 6.11. The van der Waals surface area contributed by atoms with E-state index in [9.17, 15) is 17.6 Å². The highest BCUT2D eigenvalue weighted by Gasteiger charge is 2.33. The van der Waals surface area contributed by atoms with E-state index in [-0.39, 0.29) is 30.8 Å². The van der Waals surface area contributed by atoms with Crippen LogP contribution in [0.1, 0.15) is 49.0 Å². The van der Waals surface area contributed by atoms with E-state index in [0.29, 0.717) is 23.3 Å². The molecule has 1 saturated heterocycles. The normalized spacial score (nSPS) is 18.7. The molecule has 1 aliphatic carbocycles. The molecule has 0 saturated carbocycles. The number of hydrogen-bond acceptors (Lipinski definition) is 4. The summed E-state index contributed by atoms with van der Waals surface area (Å²) in [5.74, 6) is -1.09. The summed E-state index contributed by atoms with van der Waals surface area (Å²) in [4.78, 5) is 12.9. The van der Waals surface area contributed by atoms with Gasteiger partial charge in [0.2, 0.25) is 10.0 Å². The van der Waals surface area contributed by atoms with Gasteiger partial charge in [-0.1, -0.05) is 18.2 Å². The van der Waals surface area contributed by atoms with Crippen molar-refractivity contribution in [3.63, 3.8) is 0 Å². The van der Waals surface area contributed by atoms with Gasteiger partial charge in [0.25, 0.3) is 0 Å². The second kappa shape index (κ2) is 8.47. The van der Waals surface area contributed by atoms with Crippen molar-refractivity contribution in [2.45, 2.75) is 50.0 Å². The van der Waals surface area contributed by atoms with E-state index in [1.807, 2.05) is 6.07 Å². The fourth-order valence-electron chi connectivity index (χ4n) is 4.29. The molecule has 0 spiro atoms. The minimum Gasteiger partial charge on any atom is -0.458 e. The van der Waals surface area contributed by atoms with Crippen molar-refractivity contribution in [2.75, 3.05) is 13.1 Å². The largest absolute Gasteiger partial charge is 0.458 e. The number of halogens is 1. The topological polar surface area (TPSA) is 63.7 Å². The van der Waals surface area contributed by atoms with Crippen molar-refractivity contribution in [1.29, 1.82) is 0 Å². The van der Waals surface area contributed by atoms with Gasteiger partial charge in [-0.05, 0) is 80.0 Å². The third kappa shape index (κ3) is 4.27. The first-order valence-corrected chi connectivity index (χ1v) is 11.9. The molecule has 1 atom stereocenters. The zero-order chi connectivity index (χ0) is 21.3. The fourth-order valence-corrected chi connectivity index (χ4v) is 5.81. The van der Waals surface area contributed by atoms with Crippen molar-refractivity contribution >= 4 is 16.0 Å². The Labute approximate surface area is 176 Å². The van der Waals surface area contributed by atoms with E-state index in [2.05, 4.69) is 0 Å². The van der Waals surface area contributed by atoms with Crippen molar-refractivity contribution in [1.82, 2.24) is 4.31 Å². The van der Waals surface area contributed by atoms with Gasteiger partial charge in [-0.15, -0.1) is 0 Å². The van der Waals surface area contributed by atoms with Gasteiger partial charge in [-0.25, -0.2) is 12.8 Å². The van der Waals surface area contributed by atoms with Crippen molar-refractivity contribution in [2.24, 2.45) is 5.92 Å². The van der Waals surface area contributed by atoms with E-state index in [1.165, 1.54) is 22.0 Å². The first kappa shape index (κ1) is 21.0. The number of hydrogen-bond donors (Lipinski definition) is 0. The van der Waals surface area contributed by atoms with Crippen LogP contribution in [-0.4, -0.2) is 31.8 Å². The quantitative estimate of drug-likeness (QED) is 0.671. The Bertz CT molecular complexity index is 1040. The van der Waals surface area contributed by atoms with Gasteiger partial charge in [0.05, 0.1) is 10.8 Å². The molecule has 0 aromatic heterocycles. The number of sulfonamides is 1. The van der Waals surface area contributed by atoms with Crippen molar-refractivity contribution in [3.05, 3.63) is 65.0 Å². The number of rotatable bonds is 5. The van der Waals surface area contributed by atoms with Crippen molar-refractivity contribution < 1.29 is 22.3 Å². The van der Waals surface area contributed by atoms with Crippen LogP contribution in [0.3, 0.4) is 0 Å². The average molecular weight is 432 g/mol. The molecule has 30 heavy (non-hydrogen) atoms. The van der Waals surface area contributed by atoms with Crippen LogP contribution in [0.2, 0.25) is 0 Å². The number of esters is 1. The van der Waals surface area contributed by atoms with Crippen molar-refractivity contribution in [3.8, 4) is 0 Å². The van der Waals surface area contributed by atoms with E-state index in [1.54, 1.807) is 31.2 Å². The maximum absolute atomic E-state index is 13.4. The lowest BCUT2D eigenvalue weighted by atomic mass is 9.98. The Morgan fingerprint density at radius 2 is 1.83 bits per heavy atom. The van der Waals surface area contributed by atoms with Gasteiger partial charge in [0, 0.05) is 13.1 Å². The number of carbonyl (C=O) groups is 1. The van der Waals surface area contributed by atoms with E-state index in [0.717, 1.165) is 24.8 Å². The molecule has 2 aromatic carbocycles. The average Bonchev–Trinajstić information content (AvgIpc) is 3.21. The van der Waals surface area contributed by atoms with Gasteiger partial charge in [0.15, 0.2) is 0 Å². The molecule has 5 nitrogen and oxygen atoms in total. The summed E-state index contributed by atoms with van der Waals surface area (Å²) in [6, 6.07) is 11.4. The van der Waals surface area contributed by atoms with Crippen LogP contribution in [-0.2, 0) is 32.4 Å². The number of carbonyl (C=O) groups excluding carboxylic acids is 1. The Morgan fingerprint density at radius 1 is 1.10 bits per heavy atom. The second-order valence-corrected chi connectivity index (χ2v) is 10.0. The molecule has 7 heteroatoms. The summed E-state index contributed by atoms with van der Waals surface area (Å²) in [6.07, 6.45) is 3.28. The van der Waals surface area contributed by atoms with Crippen LogP contribution in [0.25, 0.3) is 0 Å². The number of piperidine rings is 1. The molecule has 1 heterocycles. The molecular formula is C23H26FNO4S. The molecule has 160 valence electrons. The van der Waals surface area contributed by atoms with Crippen LogP contribution >= 0.6 is 0 Å². The molecule has 4 rings (SSSR count). The van der Waals surface area contributed by atoms with Crippen LogP contribution in [0.4, 0.5) is 4.39 Å². The number of fused-ring (bicyclic) bond motifs is 1. The van der Waals surface area contributed by atoms with E-state index in [4.69, 9.17) is 4.74 Å². The van der Waals surface area contributed by atoms with E-state index >= 15 is 0 Å². The van der Waals surface area contributed by atoms with Crippen LogP contribution in [0, 0.1) is 11.7 Å². The highest BCUT2D eigenvalue weighted by atomic mass is 32.2. The first-order chi connectivity index (χ1) is 14.3. The molecule has 0 amide bonds. The number of nitrogens with zero attached hydrogens (tertiary/aromatic N) is 1. The molecule has 1 unspecified atom stereocenters. The predicted octanol–water partition coefficient (Wildman–Crippen LogP) is 4.02. The summed E-state index contributed by atoms with van der Waals surface area (Å²) in [5.41, 5.74) is 2.96. The molecule has 1 fully saturated rings. The highest BCUT2D eigenvalue weighted by Crippen LogP contribution is 2.29. The molecule has 0 bridgehead atoms.